The predicted octanol–water partition coefficient (Wildman–Crippen LogP) is 0.630. The summed E-state index contributed by atoms with van der Waals surface area (Å²) in [6.45, 7) is 0.418. The molecule has 0 atom stereocenters. The van der Waals surface area contributed by atoms with Crippen LogP contribution < -0.4 is 10.2 Å². The molecule has 0 fully saturated rings. The Hall–Kier alpha value is -0.650. The summed E-state index contributed by atoms with van der Waals surface area (Å²) in [5.41, 5.74) is 2.04. The number of ether oxygens (including phenoxy) is 1. The molecule has 0 aliphatic rings. The summed E-state index contributed by atoms with van der Waals surface area (Å²) in [5.74, 6) is 0. The van der Waals surface area contributed by atoms with Crippen molar-refractivity contribution < 1.29 is 9.94 Å². The SMILES string of the molecule is COc1ncc(CNO)s1. The van der Waals surface area contributed by atoms with E-state index in [-0.39, 0.29) is 0 Å². The fourth-order valence-electron chi connectivity index (χ4n) is 0.544. The van der Waals surface area contributed by atoms with Gasteiger partial charge in [-0.1, -0.05) is 11.3 Å². The lowest BCUT2D eigenvalue weighted by Crippen LogP contribution is -2.03. The Labute approximate surface area is 62.4 Å². The minimum absolute atomic E-state index is 0.418. The average molecular weight is 160 g/mol. The molecule has 1 aromatic heterocycles. The highest BCUT2D eigenvalue weighted by Crippen LogP contribution is 2.18. The Morgan fingerprint density at radius 3 is 3.20 bits per heavy atom. The monoisotopic (exact) mass is 160 g/mol. The molecule has 0 aromatic carbocycles. The molecule has 0 aliphatic carbocycles. The molecule has 0 amide bonds. The van der Waals surface area contributed by atoms with Gasteiger partial charge in [-0.15, -0.1) is 0 Å². The first kappa shape index (κ1) is 7.46. The van der Waals surface area contributed by atoms with Gasteiger partial charge in [0, 0.05) is 11.1 Å². The zero-order valence-electron chi connectivity index (χ0n) is 5.50. The third-order valence-corrected chi connectivity index (χ3v) is 1.92. The van der Waals surface area contributed by atoms with Gasteiger partial charge in [0.15, 0.2) is 0 Å². The van der Waals surface area contributed by atoms with Gasteiger partial charge in [0.2, 0.25) is 0 Å². The first-order valence-corrected chi connectivity index (χ1v) is 3.54. The number of rotatable bonds is 3. The summed E-state index contributed by atoms with van der Waals surface area (Å²) in [5, 5.41) is 8.91. The second-order valence-electron chi connectivity index (χ2n) is 1.63. The molecular weight excluding hydrogens is 152 g/mol. The molecule has 1 aromatic rings. The molecule has 56 valence electrons. The van der Waals surface area contributed by atoms with E-state index < -0.39 is 0 Å². The molecular formula is C5H8N2O2S. The van der Waals surface area contributed by atoms with Crippen LogP contribution in [0.5, 0.6) is 5.19 Å². The number of thiazole rings is 1. The molecule has 0 saturated carbocycles. The standard InChI is InChI=1S/C5H8N2O2S/c1-9-5-6-2-4(10-5)3-7-8/h2,7-8H,3H2,1H3. The van der Waals surface area contributed by atoms with Crippen molar-refractivity contribution in [2.45, 2.75) is 6.54 Å². The van der Waals surface area contributed by atoms with Crippen LogP contribution in [-0.4, -0.2) is 17.3 Å². The maximum atomic E-state index is 8.29. The minimum atomic E-state index is 0.418. The van der Waals surface area contributed by atoms with Crippen molar-refractivity contribution >= 4 is 11.3 Å². The van der Waals surface area contributed by atoms with E-state index >= 15 is 0 Å². The van der Waals surface area contributed by atoms with Crippen LogP contribution in [0.25, 0.3) is 0 Å². The number of methoxy groups -OCH3 is 1. The van der Waals surface area contributed by atoms with E-state index in [0.29, 0.717) is 11.7 Å². The lowest BCUT2D eigenvalue weighted by atomic mass is 10.6. The van der Waals surface area contributed by atoms with E-state index in [1.807, 2.05) is 5.48 Å². The maximum absolute atomic E-state index is 8.29. The maximum Gasteiger partial charge on any atom is 0.273 e. The van der Waals surface area contributed by atoms with Gasteiger partial charge in [0.1, 0.15) is 0 Å². The van der Waals surface area contributed by atoms with E-state index in [2.05, 4.69) is 4.98 Å². The third-order valence-electron chi connectivity index (χ3n) is 0.960. The molecule has 1 heterocycles. The van der Waals surface area contributed by atoms with Crippen molar-refractivity contribution in [1.29, 1.82) is 0 Å². The van der Waals surface area contributed by atoms with Gasteiger partial charge in [0.05, 0.1) is 13.7 Å². The van der Waals surface area contributed by atoms with Gasteiger partial charge in [0.25, 0.3) is 5.19 Å². The minimum Gasteiger partial charge on any atom is -0.473 e. The van der Waals surface area contributed by atoms with Gasteiger partial charge in [-0.2, -0.15) is 0 Å². The van der Waals surface area contributed by atoms with Gasteiger partial charge in [-0.25, -0.2) is 10.5 Å². The number of nitrogens with one attached hydrogen (secondary N) is 1. The van der Waals surface area contributed by atoms with E-state index in [9.17, 15) is 0 Å². The highest BCUT2D eigenvalue weighted by Gasteiger charge is 1.98. The Bertz CT molecular complexity index is 201. The topological polar surface area (TPSA) is 54.4 Å². The molecule has 4 nitrogen and oxygen atoms in total. The van der Waals surface area contributed by atoms with Crippen LogP contribution in [0.2, 0.25) is 0 Å². The first-order chi connectivity index (χ1) is 4.86. The van der Waals surface area contributed by atoms with E-state index in [0.717, 1.165) is 4.88 Å². The average Bonchev–Trinajstić information content (AvgIpc) is 2.37. The molecule has 0 spiro atoms. The van der Waals surface area contributed by atoms with Crippen molar-refractivity contribution in [1.82, 2.24) is 10.5 Å². The molecule has 0 aliphatic heterocycles. The van der Waals surface area contributed by atoms with Crippen molar-refractivity contribution in [3.63, 3.8) is 0 Å². The van der Waals surface area contributed by atoms with E-state index in [4.69, 9.17) is 9.94 Å². The summed E-state index contributed by atoms with van der Waals surface area (Å²) in [4.78, 5) is 4.84. The highest BCUT2D eigenvalue weighted by atomic mass is 32.1. The van der Waals surface area contributed by atoms with Crippen molar-refractivity contribution in [2.75, 3.05) is 7.11 Å². The zero-order chi connectivity index (χ0) is 7.40. The smallest absolute Gasteiger partial charge is 0.273 e. The second kappa shape index (κ2) is 3.50. The summed E-state index contributed by atoms with van der Waals surface area (Å²) >= 11 is 1.40. The molecule has 10 heavy (non-hydrogen) atoms. The van der Waals surface area contributed by atoms with Crippen LogP contribution >= 0.6 is 11.3 Å². The van der Waals surface area contributed by atoms with Crippen LogP contribution in [0.15, 0.2) is 6.20 Å². The Balaban J connectivity index is 2.59. The summed E-state index contributed by atoms with van der Waals surface area (Å²) in [6, 6.07) is 0. The van der Waals surface area contributed by atoms with Crippen LogP contribution in [0.3, 0.4) is 0 Å². The van der Waals surface area contributed by atoms with Crippen molar-refractivity contribution in [2.24, 2.45) is 0 Å². The first-order valence-electron chi connectivity index (χ1n) is 2.72. The number of aromatic nitrogens is 1. The zero-order valence-corrected chi connectivity index (χ0v) is 6.31. The highest BCUT2D eigenvalue weighted by molar-refractivity contribution is 7.13. The third kappa shape index (κ3) is 1.66. The summed E-state index contributed by atoms with van der Waals surface area (Å²) in [6.07, 6.45) is 1.66. The Kier molecular flexibility index (Phi) is 2.61. The van der Waals surface area contributed by atoms with Crippen LogP contribution in [0.4, 0.5) is 0 Å². The fourth-order valence-corrected chi connectivity index (χ4v) is 1.20. The number of nitrogens with zero attached hydrogens (tertiary/aromatic N) is 1. The molecule has 0 unspecified atom stereocenters. The van der Waals surface area contributed by atoms with Gasteiger partial charge >= 0.3 is 0 Å². The second-order valence-corrected chi connectivity index (χ2v) is 2.71. The van der Waals surface area contributed by atoms with Gasteiger partial charge < -0.3 is 9.94 Å². The molecule has 2 N–H and O–H groups in total. The van der Waals surface area contributed by atoms with E-state index in [1.165, 1.54) is 11.3 Å². The largest absolute Gasteiger partial charge is 0.473 e. The van der Waals surface area contributed by atoms with Crippen LogP contribution in [-0.2, 0) is 6.54 Å². The Morgan fingerprint density at radius 2 is 2.70 bits per heavy atom. The van der Waals surface area contributed by atoms with Crippen LogP contribution in [0.1, 0.15) is 4.88 Å². The Morgan fingerprint density at radius 1 is 1.90 bits per heavy atom. The number of hydrogen-bond donors (Lipinski definition) is 2. The van der Waals surface area contributed by atoms with Gasteiger partial charge in [-0.3, -0.25) is 0 Å². The predicted molar refractivity (Wildman–Crippen MR) is 37.3 cm³/mol. The normalized spacial score (nSPS) is 9.80. The van der Waals surface area contributed by atoms with Gasteiger partial charge in [-0.05, 0) is 0 Å². The number of hydrogen-bond acceptors (Lipinski definition) is 5. The fraction of sp³-hybridized carbons (Fsp3) is 0.400. The van der Waals surface area contributed by atoms with E-state index in [1.54, 1.807) is 13.3 Å². The quantitative estimate of drug-likeness (QED) is 0.637. The molecule has 0 bridgehead atoms. The van der Waals surface area contributed by atoms with Crippen molar-refractivity contribution in [3.8, 4) is 5.19 Å². The number of hydroxylamine groups is 1. The van der Waals surface area contributed by atoms with Crippen molar-refractivity contribution in [3.05, 3.63) is 11.1 Å². The molecule has 5 heteroatoms. The van der Waals surface area contributed by atoms with Crippen LogP contribution in [0, 0.1) is 0 Å². The lowest BCUT2D eigenvalue weighted by Gasteiger charge is -1.89. The molecule has 1 rings (SSSR count). The summed E-state index contributed by atoms with van der Waals surface area (Å²) < 4.78 is 4.84. The lowest BCUT2D eigenvalue weighted by molar-refractivity contribution is 0.162. The summed E-state index contributed by atoms with van der Waals surface area (Å²) in [7, 11) is 1.56. The molecule has 0 radical (unpaired) electrons. The molecule has 0 saturated heterocycles.